The van der Waals surface area contributed by atoms with Crippen molar-refractivity contribution in [3.05, 3.63) is 62.0 Å². The van der Waals surface area contributed by atoms with Crippen LogP contribution in [-0.4, -0.2) is 9.97 Å². The molecule has 1 aromatic heterocycles. The predicted molar refractivity (Wildman–Crippen MR) is 75.4 cm³/mol. The monoisotopic (exact) mass is 278 g/mol. The Bertz CT molecular complexity index is 690. The molecule has 0 amide bonds. The first-order valence-corrected chi connectivity index (χ1v) is 6.60. The number of aryl methyl sites for hydroxylation is 1. The van der Waals surface area contributed by atoms with Gasteiger partial charge in [0.15, 0.2) is 4.77 Å². The number of rotatable bonds is 4. The minimum absolute atomic E-state index is 0.240. The molecule has 1 aromatic carbocycles. The quantitative estimate of drug-likeness (QED) is 0.844. The van der Waals surface area contributed by atoms with Crippen molar-refractivity contribution in [2.75, 3.05) is 0 Å². The Morgan fingerprint density at radius 2 is 2.00 bits per heavy atom. The number of nitrogens with one attached hydrogen (secondary N) is 2. The molecule has 0 spiro atoms. The van der Waals surface area contributed by atoms with E-state index in [1.165, 1.54) is 6.07 Å². The summed E-state index contributed by atoms with van der Waals surface area (Å²) >= 11 is 4.97. The average molecular weight is 278 g/mol. The van der Waals surface area contributed by atoms with Crippen LogP contribution in [0.1, 0.15) is 30.2 Å². The van der Waals surface area contributed by atoms with E-state index in [2.05, 4.69) is 9.97 Å². The third kappa shape index (κ3) is 3.17. The first-order chi connectivity index (χ1) is 9.11. The number of H-pyrrole nitrogens is 2. The number of halogens is 1. The summed E-state index contributed by atoms with van der Waals surface area (Å²) in [4.78, 5) is 17.5. The molecule has 0 fully saturated rings. The summed E-state index contributed by atoms with van der Waals surface area (Å²) in [6, 6.07) is 6.48. The molecular weight excluding hydrogens is 263 g/mol. The van der Waals surface area contributed by atoms with Gasteiger partial charge in [-0.05, 0) is 30.3 Å². The fraction of sp³-hybridized carbons (Fsp3) is 0.286. The fourth-order valence-electron chi connectivity index (χ4n) is 2.04. The Morgan fingerprint density at radius 1 is 1.26 bits per heavy atom. The van der Waals surface area contributed by atoms with Crippen LogP contribution in [0.25, 0.3) is 0 Å². The van der Waals surface area contributed by atoms with Crippen LogP contribution >= 0.6 is 12.2 Å². The molecule has 1 heterocycles. The second-order valence-corrected chi connectivity index (χ2v) is 4.79. The second kappa shape index (κ2) is 5.93. The Kier molecular flexibility index (Phi) is 4.27. The summed E-state index contributed by atoms with van der Waals surface area (Å²) in [5, 5.41) is 0. The van der Waals surface area contributed by atoms with Gasteiger partial charge in [0, 0.05) is 17.7 Å². The highest BCUT2D eigenvalue weighted by atomic mass is 32.1. The highest BCUT2D eigenvalue weighted by Gasteiger charge is 2.11. The van der Waals surface area contributed by atoms with E-state index in [-0.39, 0.29) is 17.8 Å². The van der Waals surface area contributed by atoms with E-state index < -0.39 is 0 Å². The average Bonchev–Trinajstić information content (AvgIpc) is 2.36. The molecule has 5 heteroatoms. The number of hydrogen-bond donors (Lipinski definition) is 2. The topological polar surface area (TPSA) is 48.6 Å². The third-order valence-corrected chi connectivity index (χ3v) is 3.16. The van der Waals surface area contributed by atoms with E-state index in [1.807, 2.05) is 6.92 Å². The van der Waals surface area contributed by atoms with Crippen LogP contribution in [0.3, 0.4) is 0 Å². The maximum absolute atomic E-state index is 13.7. The van der Waals surface area contributed by atoms with E-state index >= 15 is 0 Å². The van der Waals surface area contributed by atoms with Gasteiger partial charge in [0.1, 0.15) is 5.82 Å². The second-order valence-electron chi connectivity index (χ2n) is 4.38. The van der Waals surface area contributed by atoms with Crippen molar-refractivity contribution < 1.29 is 4.39 Å². The molecule has 100 valence electrons. The van der Waals surface area contributed by atoms with Gasteiger partial charge in [-0.3, -0.25) is 9.78 Å². The number of benzene rings is 1. The summed E-state index contributed by atoms with van der Waals surface area (Å²) < 4.78 is 14.0. The molecule has 0 atom stereocenters. The van der Waals surface area contributed by atoms with Crippen molar-refractivity contribution in [2.45, 2.75) is 26.2 Å². The molecule has 0 saturated carbocycles. The van der Waals surface area contributed by atoms with Crippen molar-refractivity contribution in [1.82, 2.24) is 9.97 Å². The number of aromatic amines is 2. The van der Waals surface area contributed by atoms with Crippen molar-refractivity contribution in [2.24, 2.45) is 0 Å². The van der Waals surface area contributed by atoms with Gasteiger partial charge in [-0.25, -0.2) is 4.39 Å². The first kappa shape index (κ1) is 13.7. The van der Waals surface area contributed by atoms with E-state index in [0.717, 1.165) is 18.5 Å². The van der Waals surface area contributed by atoms with Gasteiger partial charge in [-0.15, -0.1) is 0 Å². The van der Waals surface area contributed by atoms with Crippen LogP contribution in [0.5, 0.6) is 0 Å². The maximum atomic E-state index is 13.7. The Hall–Kier alpha value is -1.75. The van der Waals surface area contributed by atoms with E-state index in [9.17, 15) is 9.18 Å². The summed E-state index contributed by atoms with van der Waals surface area (Å²) in [5.74, 6) is -0.299. The Morgan fingerprint density at radius 3 is 2.68 bits per heavy atom. The maximum Gasteiger partial charge on any atom is 0.255 e. The van der Waals surface area contributed by atoms with Crippen molar-refractivity contribution in [3.8, 4) is 0 Å². The lowest BCUT2D eigenvalue weighted by Crippen LogP contribution is -2.18. The summed E-state index contributed by atoms with van der Waals surface area (Å²) in [6.45, 7) is 2.02. The van der Waals surface area contributed by atoms with Gasteiger partial charge in [-0.1, -0.05) is 31.5 Å². The summed E-state index contributed by atoms with van der Waals surface area (Å²) in [7, 11) is 0. The first-order valence-electron chi connectivity index (χ1n) is 6.19. The minimum atomic E-state index is -0.299. The zero-order valence-corrected chi connectivity index (χ0v) is 11.4. The van der Waals surface area contributed by atoms with Gasteiger partial charge in [0.25, 0.3) is 5.56 Å². The zero-order chi connectivity index (χ0) is 13.8. The molecule has 0 saturated heterocycles. The molecule has 19 heavy (non-hydrogen) atoms. The lowest BCUT2D eigenvalue weighted by molar-refractivity contribution is 0.613. The fourth-order valence-corrected chi connectivity index (χ4v) is 2.26. The molecule has 3 nitrogen and oxygen atoms in total. The van der Waals surface area contributed by atoms with Gasteiger partial charge >= 0.3 is 0 Å². The molecule has 0 bridgehead atoms. The molecule has 0 radical (unpaired) electrons. The van der Waals surface area contributed by atoms with Crippen LogP contribution in [0.4, 0.5) is 4.39 Å². The van der Waals surface area contributed by atoms with Crippen LogP contribution in [-0.2, 0) is 12.8 Å². The predicted octanol–water partition coefficient (Wildman–Crippen LogP) is 3.11. The normalized spacial score (nSPS) is 10.6. The molecule has 0 aliphatic carbocycles. The number of hydrogen-bond acceptors (Lipinski definition) is 2. The van der Waals surface area contributed by atoms with Gasteiger partial charge < -0.3 is 4.98 Å². The number of aromatic nitrogens is 2. The molecule has 2 N–H and O–H groups in total. The van der Waals surface area contributed by atoms with Crippen LogP contribution < -0.4 is 5.56 Å². The molecule has 0 unspecified atom stereocenters. The van der Waals surface area contributed by atoms with Gasteiger partial charge in [0.2, 0.25) is 0 Å². The lowest BCUT2D eigenvalue weighted by Gasteiger charge is -2.08. The van der Waals surface area contributed by atoms with Crippen molar-refractivity contribution >= 4 is 12.2 Å². The van der Waals surface area contributed by atoms with Crippen LogP contribution in [0.2, 0.25) is 0 Å². The molecule has 2 aromatic rings. The standard InChI is InChI=1S/C14H15FN2OS/c1-2-5-12-10(13(18)17-14(19)16-12)8-9-6-3-4-7-11(9)15/h3-4,6-7H,2,5,8H2,1H3,(H2,16,17,18,19). The molecule has 0 aliphatic heterocycles. The SMILES string of the molecule is CCCc1[nH]c(=S)[nH]c(=O)c1Cc1ccccc1F. The minimum Gasteiger partial charge on any atom is -0.336 e. The van der Waals surface area contributed by atoms with E-state index in [4.69, 9.17) is 12.2 Å². The molecule has 0 aliphatic rings. The van der Waals surface area contributed by atoms with Gasteiger partial charge in [0.05, 0.1) is 0 Å². The van der Waals surface area contributed by atoms with Crippen LogP contribution in [0, 0.1) is 10.6 Å². The summed E-state index contributed by atoms with van der Waals surface area (Å²) in [6.07, 6.45) is 1.87. The third-order valence-electron chi connectivity index (χ3n) is 2.95. The van der Waals surface area contributed by atoms with Crippen molar-refractivity contribution in [3.63, 3.8) is 0 Å². The highest BCUT2D eigenvalue weighted by Crippen LogP contribution is 2.13. The largest absolute Gasteiger partial charge is 0.336 e. The van der Waals surface area contributed by atoms with Crippen molar-refractivity contribution in [1.29, 1.82) is 0 Å². The molecular formula is C14H15FN2OS. The highest BCUT2D eigenvalue weighted by molar-refractivity contribution is 7.71. The zero-order valence-electron chi connectivity index (χ0n) is 10.6. The smallest absolute Gasteiger partial charge is 0.255 e. The van der Waals surface area contributed by atoms with E-state index in [0.29, 0.717) is 15.9 Å². The lowest BCUT2D eigenvalue weighted by atomic mass is 10.0. The molecule has 2 rings (SSSR count). The summed E-state index contributed by atoms with van der Waals surface area (Å²) in [5.41, 5.74) is 1.62. The Balaban J connectivity index is 2.48. The Labute approximate surface area is 115 Å². The van der Waals surface area contributed by atoms with Gasteiger partial charge in [-0.2, -0.15) is 0 Å². The van der Waals surface area contributed by atoms with E-state index in [1.54, 1.807) is 18.2 Å². The van der Waals surface area contributed by atoms with Crippen LogP contribution in [0.15, 0.2) is 29.1 Å².